The van der Waals surface area contributed by atoms with E-state index in [1.807, 2.05) is 23.4 Å². The van der Waals surface area contributed by atoms with Gasteiger partial charge in [0.1, 0.15) is 0 Å². The van der Waals surface area contributed by atoms with Crippen LogP contribution in [0.25, 0.3) is 0 Å². The fourth-order valence-electron chi connectivity index (χ4n) is 2.19. The lowest BCUT2D eigenvalue weighted by Gasteiger charge is -2.13. The molecule has 0 amide bonds. The number of rotatable bonds is 3. The van der Waals surface area contributed by atoms with Crippen molar-refractivity contribution in [2.24, 2.45) is 7.05 Å². The molecule has 1 aliphatic rings. The van der Waals surface area contributed by atoms with Gasteiger partial charge in [-0.1, -0.05) is 37.4 Å². The lowest BCUT2D eigenvalue weighted by molar-refractivity contribution is 0.271. The third-order valence-corrected chi connectivity index (χ3v) is 4.67. The molecule has 1 aromatic heterocycles. The van der Waals surface area contributed by atoms with Crippen LogP contribution in [0.15, 0.2) is 11.4 Å². The minimum Gasteiger partial charge on any atom is -0.390 e. The van der Waals surface area contributed by atoms with Gasteiger partial charge >= 0.3 is 0 Å². The maximum Gasteiger partial charge on any atom is 0.168 e. The summed E-state index contributed by atoms with van der Waals surface area (Å²) in [5.74, 6) is 0. The summed E-state index contributed by atoms with van der Waals surface area (Å²) in [5, 5.41) is 10.9. The number of nitrogens with zero attached hydrogens (tertiary/aromatic N) is 2. The highest BCUT2D eigenvalue weighted by molar-refractivity contribution is 7.99. The van der Waals surface area contributed by atoms with Gasteiger partial charge in [-0.15, -0.1) is 0 Å². The van der Waals surface area contributed by atoms with Crippen molar-refractivity contribution in [2.75, 3.05) is 0 Å². The second-order valence-electron chi connectivity index (χ2n) is 4.48. The van der Waals surface area contributed by atoms with Crippen molar-refractivity contribution >= 4 is 11.8 Å². The van der Waals surface area contributed by atoms with Gasteiger partial charge in [0.25, 0.3) is 0 Å². The van der Waals surface area contributed by atoms with E-state index in [0.29, 0.717) is 0 Å². The Morgan fingerprint density at radius 3 is 2.62 bits per heavy atom. The lowest BCUT2D eigenvalue weighted by Crippen LogP contribution is -2.04. The Morgan fingerprint density at radius 1 is 1.38 bits per heavy atom. The first kappa shape index (κ1) is 12.0. The molecule has 16 heavy (non-hydrogen) atoms. The van der Waals surface area contributed by atoms with Crippen molar-refractivity contribution in [1.29, 1.82) is 0 Å². The normalized spacial score (nSPS) is 18.6. The molecule has 1 fully saturated rings. The molecule has 0 atom stereocenters. The van der Waals surface area contributed by atoms with E-state index in [1.54, 1.807) is 6.20 Å². The van der Waals surface area contributed by atoms with Gasteiger partial charge in [0.15, 0.2) is 5.16 Å². The molecule has 1 N–H and O–H groups in total. The quantitative estimate of drug-likeness (QED) is 0.826. The van der Waals surface area contributed by atoms with Crippen molar-refractivity contribution in [3.8, 4) is 0 Å². The van der Waals surface area contributed by atoms with E-state index in [4.69, 9.17) is 5.11 Å². The molecule has 3 nitrogen and oxygen atoms in total. The molecule has 0 aromatic carbocycles. The van der Waals surface area contributed by atoms with E-state index in [-0.39, 0.29) is 6.61 Å². The van der Waals surface area contributed by atoms with Gasteiger partial charge < -0.3 is 9.67 Å². The number of hydrogen-bond acceptors (Lipinski definition) is 3. The Bertz CT molecular complexity index is 330. The number of imidazole rings is 1. The molecule has 0 bridgehead atoms. The van der Waals surface area contributed by atoms with E-state index >= 15 is 0 Å². The third kappa shape index (κ3) is 2.80. The summed E-state index contributed by atoms with van der Waals surface area (Å²) in [6.07, 6.45) is 9.89. The predicted octanol–water partition coefficient (Wildman–Crippen LogP) is 2.73. The third-order valence-electron chi connectivity index (χ3n) is 3.28. The van der Waals surface area contributed by atoms with Gasteiger partial charge in [-0.3, -0.25) is 0 Å². The standard InChI is InChI=1S/C12H20N2OS/c1-14-10(9-15)8-13-12(14)16-11-6-4-2-3-5-7-11/h8,11,15H,2-7,9H2,1H3. The molecule has 0 aliphatic heterocycles. The van der Waals surface area contributed by atoms with Gasteiger partial charge in [-0.25, -0.2) is 4.98 Å². The van der Waals surface area contributed by atoms with Crippen LogP contribution in [0.5, 0.6) is 0 Å². The molecule has 1 saturated carbocycles. The lowest BCUT2D eigenvalue weighted by atomic mass is 10.2. The molecule has 0 radical (unpaired) electrons. The summed E-state index contributed by atoms with van der Waals surface area (Å²) in [4.78, 5) is 4.38. The van der Waals surface area contributed by atoms with E-state index in [9.17, 15) is 0 Å². The molecule has 4 heteroatoms. The first-order chi connectivity index (χ1) is 7.81. The topological polar surface area (TPSA) is 38.0 Å². The van der Waals surface area contributed by atoms with E-state index in [0.717, 1.165) is 16.1 Å². The van der Waals surface area contributed by atoms with Crippen molar-refractivity contribution in [1.82, 2.24) is 9.55 Å². The van der Waals surface area contributed by atoms with Gasteiger partial charge in [0, 0.05) is 12.3 Å². The smallest absolute Gasteiger partial charge is 0.168 e. The average molecular weight is 240 g/mol. The summed E-state index contributed by atoms with van der Waals surface area (Å²) in [5.41, 5.74) is 0.899. The van der Waals surface area contributed by atoms with E-state index in [1.165, 1.54) is 38.5 Å². The second kappa shape index (κ2) is 5.73. The minimum absolute atomic E-state index is 0.0781. The van der Waals surface area contributed by atoms with Crippen LogP contribution in [0, 0.1) is 0 Å². The molecule has 1 heterocycles. The number of aliphatic hydroxyl groups excluding tert-OH is 1. The van der Waals surface area contributed by atoms with Gasteiger partial charge in [-0.2, -0.15) is 0 Å². The fraction of sp³-hybridized carbons (Fsp3) is 0.750. The number of thioether (sulfide) groups is 1. The van der Waals surface area contributed by atoms with Crippen LogP contribution in [-0.2, 0) is 13.7 Å². The highest BCUT2D eigenvalue weighted by atomic mass is 32.2. The average Bonchev–Trinajstić information content (AvgIpc) is 2.52. The molecule has 90 valence electrons. The summed E-state index contributed by atoms with van der Waals surface area (Å²) in [6, 6.07) is 0. The van der Waals surface area contributed by atoms with Crippen LogP contribution in [-0.4, -0.2) is 19.9 Å². The molecule has 0 spiro atoms. The first-order valence-electron chi connectivity index (χ1n) is 6.09. The van der Waals surface area contributed by atoms with E-state index < -0.39 is 0 Å². The predicted molar refractivity (Wildman–Crippen MR) is 66.5 cm³/mol. The second-order valence-corrected chi connectivity index (χ2v) is 5.75. The van der Waals surface area contributed by atoms with Crippen LogP contribution in [0.4, 0.5) is 0 Å². The van der Waals surface area contributed by atoms with Gasteiger partial charge in [0.05, 0.1) is 18.5 Å². The first-order valence-corrected chi connectivity index (χ1v) is 6.97. The highest BCUT2D eigenvalue weighted by Gasteiger charge is 2.16. The Hall–Kier alpha value is -0.480. The Morgan fingerprint density at radius 2 is 2.06 bits per heavy atom. The summed E-state index contributed by atoms with van der Waals surface area (Å²) in [7, 11) is 1.98. The monoisotopic (exact) mass is 240 g/mol. The van der Waals surface area contributed by atoms with Crippen molar-refractivity contribution < 1.29 is 5.11 Å². The van der Waals surface area contributed by atoms with Crippen LogP contribution >= 0.6 is 11.8 Å². The zero-order valence-corrected chi connectivity index (χ0v) is 10.7. The minimum atomic E-state index is 0.0781. The van der Waals surface area contributed by atoms with Crippen LogP contribution in [0.1, 0.15) is 44.2 Å². The van der Waals surface area contributed by atoms with E-state index in [2.05, 4.69) is 4.98 Å². The Labute approximate surface area is 101 Å². The molecular formula is C12H20N2OS. The summed E-state index contributed by atoms with van der Waals surface area (Å²) < 4.78 is 2.01. The maximum absolute atomic E-state index is 9.11. The SMILES string of the molecule is Cn1c(CO)cnc1SC1CCCCCC1. The van der Waals surface area contributed by atoms with Gasteiger partial charge in [-0.05, 0) is 12.8 Å². The summed E-state index contributed by atoms with van der Waals surface area (Å²) >= 11 is 1.88. The zero-order chi connectivity index (χ0) is 11.4. The molecular weight excluding hydrogens is 220 g/mol. The van der Waals surface area contributed by atoms with Crippen molar-refractivity contribution in [2.45, 2.75) is 55.5 Å². The largest absolute Gasteiger partial charge is 0.390 e. The molecule has 1 aromatic rings. The number of hydrogen-bond donors (Lipinski definition) is 1. The van der Waals surface area contributed by atoms with Gasteiger partial charge in [0.2, 0.25) is 0 Å². The molecule has 0 saturated heterocycles. The van der Waals surface area contributed by atoms with Crippen LogP contribution in [0.2, 0.25) is 0 Å². The molecule has 0 unspecified atom stereocenters. The molecule has 2 rings (SSSR count). The van der Waals surface area contributed by atoms with Crippen molar-refractivity contribution in [3.63, 3.8) is 0 Å². The highest BCUT2D eigenvalue weighted by Crippen LogP contribution is 2.32. The Kier molecular flexibility index (Phi) is 4.29. The number of aromatic nitrogens is 2. The zero-order valence-electron chi connectivity index (χ0n) is 9.85. The van der Waals surface area contributed by atoms with Crippen LogP contribution in [0.3, 0.4) is 0 Å². The molecule has 1 aliphatic carbocycles. The summed E-state index contributed by atoms with van der Waals surface area (Å²) in [6.45, 7) is 0.0781. The van der Waals surface area contributed by atoms with Crippen molar-refractivity contribution in [3.05, 3.63) is 11.9 Å². The Balaban J connectivity index is 1.99. The maximum atomic E-state index is 9.11. The fourth-order valence-corrected chi connectivity index (χ4v) is 3.45. The number of aliphatic hydroxyl groups is 1. The van der Waals surface area contributed by atoms with Crippen LogP contribution < -0.4 is 0 Å².